The van der Waals surface area contributed by atoms with E-state index in [1.165, 1.54) is 44.4 Å². The van der Waals surface area contributed by atoms with Gasteiger partial charge in [-0.2, -0.15) is 8.78 Å². The van der Waals surface area contributed by atoms with Gasteiger partial charge in [-0.1, -0.05) is 18.2 Å². The number of hydrogen-bond donors (Lipinski definition) is 1. The second-order valence-electron chi connectivity index (χ2n) is 7.79. The Balaban J connectivity index is 1.69. The van der Waals surface area contributed by atoms with Crippen molar-refractivity contribution in [1.82, 2.24) is 15.1 Å². The van der Waals surface area contributed by atoms with Crippen molar-refractivity contribution in [2.75, 3.05) is 27.8 Å². The molecule has 0 radical (unpaired) electrons. The number of hydrogen-bond acceptors (Lipinski definition) is 6. The first-order chi connectivity index (χ1) is 16.1. The van der Waals surface area contributed by atoms with Crippen LogP contribution in [0, 0.1) is 0 Å². The number of urea groups is 1. The zero-order valence-electron chi connectivity index (χ0n) is 19.1. The van der Waals surface area contributed by atoms with Gasteiger partial charge in [-0.15, -0.1) is 0 Å². The van der Waals surface area contributed by atoms with Crippen molar-refractivity contribution < 1.29 is 37.4 Å². The van der Waals surface area contributed by atoms with Crippen LogP contribution in [-0.2, 0) is 21.7 Å². The van der Waals surface area contributed by atoms with Crippen LogP contribution in [0.15, 0.2) is 42.5 Å². The Bertz CT molecular complexity index is 1080. The first-order valence-corrected chi connectivity index (χ1v) is 10.2. The summed E-state index contributed by atoms with van der Waals surface area (Å²) in [7, 11) is 4.33. The third-order valence-corrected chi connectivity index (χ3v) is 5.53. The molecule has 1 heterocycles. The molecule has 2 aromatic carbocycles. The lowest BCUT2D eigenvalue weighted by Crippen LogP contribution is -2.43. The van der Waals surface area contributed by atoms with E-state index in [0.29, 0.717) is 16.9 Å². The molecule has 0 aliphatic carbocycles. The molecule has 3 rings (SSSR count). The molecule has 0 unspecified atom stereocenters. The number of imide groups is 1. The van der Waals surface area contributed by atoms with Crippen molar-refractivity contribution in [2.45, 2.75) is 25.6 Å². The van der Waals surface area contributed by atoms with Crippen molar-refractivity contribution in [2.24, 2.45) is 0 Å². The minimum atomic E-state index is -3.00. The van der Waals surface area contributed by atoms with Crippen molar-refractivity contribution in [3.63, 3.8) is 0 Å². The number of amides is 4. The Morgan fingerprint density at radius 2 is 1.76 bits per heavy atom. The van der Waals surface area contributed by atoms with Crippen LogP contribution in [0.3, 0.4) is 0 Å². The van der Waals surface area contributed by atoms with E-state index in [2.05, 4.69) is 10.1 Å². The van der Waals surface area contributed by atoms with Gasteiger partial charge in [-0.05, 0) is 42.3 Å². The van der Waals surface area contributed by atoms with Gasteiger partial charge in [-0.25, -0.2) is 4.79 Å². The van der Waals surface area contributed by atoms with Gasteiger partial charge < -0.3 is 24.4 Å². The average Bonchev–Trinajstić information content (AvgIpc) is 3.03. The fourth-order valence-corrected chi connectivity index (χ4v) is 3.58. The molecular formula is C23H25F2N3O6. The second-order valence-corrected chi connectivity index (χ2v) is 7.79. The van der Waals surface area contributed by atoms with Crippen molar-refractivity contribution >= 4 is 17.8 Å². The maximum absolute atomic E-state index is 13.1. The summed E-state index contributed by atoms with van der Waals surface area (Å²) in [6, 6.07) is 10.3. The highest BCUT2D eigenvalue weighted by molar-refractivity contribution is 6.09. The lowest BCUT2D eigenvalue weighted by molar-refractivity contribution is -0.138. The zero-order valence-corrected chi connectivity index (χ0v) is 19.1. The quantitative estimate of drug-likeness (QED) is 0.558. The molecule has 0 spiro atoms. The third kappa shape index (κ3) is 5.03. The van der Waals surface area contributed by atoms with E-state index in [9.17, 15) is 23.2 Å². The van der Waals surface area contributed by atoms with Crippen LogP contribution < -0.4 is 19.5 Å². The first kappa shape index (κ1) is 24.7. The number of rotatable bonds is 9. The fraction of sp³-hybridized carbons (Fsp3) is 0.348. The number of benzene rings is 2. The van der Waals surface area contributed by atoms with Crippen LogP contribution in [0.5, 0.6) is 17.2 Å². The van der Waals surface area contributed by atoms with Crippen LogP contribution >= 0.6 is 0 Å². The number of halogens is 2. The smallest absolute Gasteiger partial charge is 0.387 e. The molecule has 0 saturated carbocycles. The van der Waals surface area contributed by atoms with Crippen LogP contribution in [-0.4, -0.2) is 62.1 Å². The number of likely N-dealkylation sites (N-methyl/N-ethyl adjacent to an activating group) is 1. The van der Waals surface area contributed by atoms with Crippen molar-refractivity contribution in [1.29, 1.82) is 0 Å². The lowest BCUT2D eigenvalue weighted by Gasteiger charge is -2.23. The zero-order chi connectivity index (χ0) is 25.0. The molecule has 1 aliphatic heterocycles. The molecule has 1 fully saturated rings. The summed E-state index contributed by atoms with van der Waals surface area (Å²) in [5.74, 6) is -0.493. The molecule has 0 bridgehead atoms. The minimum Gasteiger partial charge on any atom is -0.497 e. The van der Waals surface area contributed by atoms with Gasteiger partial charge in [0.25, 0.3) is 5.91 Å². The topological polar surface area (TPSA) is 97.4 Å². The lowest BCUT2D eigenvalue weighted by atomic mass is 9.92. The van der Waals surface area contributed by atoms with Gasteiger partial charge in [0.1, 0.15) is 17.8 Å². The van der Waals surface area contributed by atoms with E-state index in [1.807, 2.05) is 0 Å². The van der Waals surface area contributed by atoms with Crippen LogP contribution in [0.1, 0.15) is 18.1 Å². The molecule has 2 aromatic rings. The molecule has 1 N–H and O–H groups in total. The highest BCUT2D eigenvalue weighted by Gasteiger charge is 2.49. The minimum absolute atomic E-state index is 0.0861. The monoisotopic (exact) mass is 477 g/mol. The molecule has 34 heavy (non-hydrogen) atoms. The number of ether oxygens (including phenoxy) is 3. The van der Waals surface area contributed by atoms with E-state index in [-0.39, 0.29) is 18.0 Å². The van der Waals surface area contributed by atoms with Crippen LogP contribution in [0.2, 0.25) is 0 Å². The molecule has 1 saturated heterocycles. The summed E-state index contributed by atoms with van der Waals surface area (Å²) in [6.07, 6.45) is 0. The molecule has 0 aromatic heterocycles. The van der Waals surface area contributed by atoms with Crippen LogP contribution in [0.25, 0.3) is 0 Å². The number of carbonyl (C=O) groups excluding carboxylic acids is 3. The predicted octanol–water partition coefficient (Wildman–Crippen LogP) is 2.73. The van der Waals surface area contributed by atoms with E-state index in [1.54, 1.807) is 31.2 Å². The molecule has 9 nitrogen and oxygen atoms in total. The van der Waals surface area contributed by atoms with E-state index >= 15 is 0 Å². The summed E-state index contributed by atoms with van der Waals surface area (Å²) in [5, 5.41) is 2.65. The van der Waals surface area contributed by atoms with Gasteiger partial charge in [0, 0.05) is 13.6 Å². The average molecular weight is 477 g/mol. The predicted molar refractivity (Wildman–Crippen MR) is 117 cm³/mol. The molecule has 4 amide bonds. The molecule has 1 atom stereocenters. The first-order valence-electron chi connectivity index (χ1n) is 10.2. The van der Waals surface area contributed by atoms with E-state index < -0.39 is 36.5 Å². The summed E-state index contributed by atoms with van der Waals surface area (Å²) in [6.45, 7) is -1.81. The highest BCUT2D eigenvalue weighted by Crippen LogP contribution is 2.31. The molecule has 11 heteroatoms. The standard InChI is InChI=1S/C23H25F2N3O6/c1-23(15-6-8-16(32-3)9-7-15)20(30)28(22(31)26-23)13-19(29)27(2)12-14-5-10-17(34-21(24)25)18(11-14)33-4/h5-11,21H,12-13H2,1-4H3,(H,26,31)/t23-/m1/s1. The summed E-state index contributed by atoms with van der Waals surface area (Å²) in [4.78, 5) is 40.5. The maximum Gasteiger partial charge on any atom is 0.387 e. The van der Waals surface area contributed by atoms with Gasteiger partial charge in [0.15, 0.2) is 11.5 Å². The van der Waals surface area contributed by atoms with Gasteiger partial charge in [0.05, 0.1) is 14.2 Å². The van der Waals surface area contributed by atoms with E-state index in [0.717, 1.165) is 4.90 Å². The fourth-order valence-electron chi connectivity index (χ4n) is 3.58. The SMILES string of the molecule is COc1ccc([C@@]2(C)NC(=O)N(CC(=O)N(C)Cc3ccc(OC(F)F)c(OC)c3)C2=O)cc1. The van der Waals surface area contributed by atoms with Gasteiger partial charge in [-0.3, -0.25) is 14.5 Å². The Morgan fingerprint density at radius 1 is 1.09 bits per heavy atom. The number of nitrogens with one attached hydrogen (secondary N) is 1. The van der Waals surface area contributed by atoms with E-state index in [4.69, 9.17) is 9.47 Å². The summed E-state index contributed by atoms with van der Waals surface area (Å²) in [5.41, 5.74) is -0.196. The maximum atomic E-state index is 13.1. The Morgan fingerprint density at radius 3 is 2.35 bits per heavy atom. The summed E-state index contributed by atoms with van der Waals surface area (Å²) >= 11 is 0. The Kier molecular flexibility index (Phi) is 7.23. The molecule has 182 valence electrons. The highest BCUT2D eigenvalue weighted by atomic mass is 19.3. The molecular weight excluding hydrogens is 452 g/mol. The third-order valence-electron chi connectivity index (χ3n) is 5.53. The number of alkyl halides is 2. The van der Waals surface area contributed by atoms with Crippen molar-refractivity contribution in [3.05, 3.63) is 53.6 Å². The van der Waals surface area contributed by atoms with Crippen LogP contribution in [0.4, 0.5) is 13.6 Å². The number of nitrogens with zero attached hydrogens (tertiary/aromatic N) is 2. The van der Waals surface area contributed by atoms with Gasteiger partial charge in [0.2, 0.25) is 5.91 Å². The largest absolute Gasteiger partial charge is 0.497 e. The van der Waals surface area contributed by atoms with Crippen molar-refractivity contribution in [3.8, 4) is 17.2 Å². The molecule has 1 aliphatic rings. The number of carbonyl (C=O) groups is 3. The Hall–Kier alpha value is -3.89. The summed E-state index contributed by atoms with van der Waals surface area (Å²) < 4.78 is 39.6. The number of methoxy groups -OCH3 is 2. The second kappa shape index (κ2) is 9.94. The Labute approximate surface area is 195 Å². The normalized spacial score (nSPS) is 17.6. The van der Waals surface area contributed by atoms with Gasteiger partial charge >= 0.3 is 12.6 Å².